The van der Waals surface area contributed by atoms with E-state index in [1.54, 1.807) is 12.4 Å². The zero-order valence-corrected chi connectivity index (χ0v) is 26.2. The van der Waals surface area contributed by atoms with E-state index in [9.17, 15) is 0 Å². The Morgan fingerprint density at radius 2 is 0.959 bits per heavy atom. The van der Waals surface area contributed by atoms with Crippen LogP contribution in [0.15, 0.2) is 164 Å². The first kappa shape index (κ1) is 27.3. The van der Waals surface area contributed by atoms with Gasteiger partial charge in [-0.25, -0.2) is 4.68 Å². The van der Waals surface area contributed by atoms with E-state index in [1.807, 2.05) is 41.3 Å². The third-order valence-electron chi connectivity index (χ3n) is 9.37. The third kappa shape index (κ3) is 4.22. The molecule has 0 saturated heterocycles. The summed E-state index contributed by atoms with van der Waals surface area (Å²) in [4.78, 5) is 8.77. The van der Waals surface area contributed by atoms with Gasteiger partial charge < -0.3 is 9.13 Å². The molecule has 7 nitrogen and oxygen atoms in total. The van der Waals surface area contributed by atoms with Crippen molar-refractivity contribution in [3.05, 3.63) is 164 Å². The Morgan fingerprint density at radius 3 is 1.55 bits per heavy atom. The quantitative estimate of drug-likeness (QED) is 0.190. The minimum atomic E-state index is 0.751. The van der Waals surface area contributed by atoms with E-state index in [0.717, 1.165) is 56.0 Å². The van der Waals surface area contributed by atoms with Crippen LogP contribution < -0.4 is 0 Å². The molecule has 0 amide bonds. The lowest BCUT2D eigenvalue weighted by Gasteiger charge is -2.13. The molecule has 5 aromatic carbocycles. The molecule has 0 unspecified atom stereocenters. The van der Waals surface area contributed by atoms with E-state index in [2.05, 4.69) is 139 Å². The SMILES string of the molecule is c1cncc(-c2nnn(-c3ccc4c5ccccc5n(-c5cccc(-n6c7ccccc7c7ccccc76)c5)c4c3)c2-c2cccnc2)c1. The van der Waals surface area contributed by atoms with Crippen molar-refractivity contribution in [2.75, 3.05) is 0 Å². The average Bonchev–Trinajstić information content (AvgIpc) is 3.86. The average molecular weight is 630 g/mol. The van der Waals surface area contributed by atoms with Crippen LogP contribution in [-0.4, -0.2) is 34.1 Å². The molecule has 0 saturated carbocycles. The summed E-state index contributed by atoms with van der Waals surface area (Å²) in [5.74, 6) is 0. The van der Waals surface area contributed by atoms with E-state index in [0.29, 0.717) is 0 Å². The number of nitrogens with zero attached hydrogens (tertiary/aromatic N) is 7. The summed E-state index contributed by atoms with van der Waals surface area (Å²) in [5, 5.41) is 14.2. The fourth-order valence-corrected chi connectivity index (χ4v) is 7.26. The van der Waals surface area contributed by atoms with E-state index >= 15 is 0 Å². The molecular weight excluding hydrogens is 603 g/mol. The van der Waals surface area contributed by atoms with E-state index < -0.39 is 0 Å². The highest BCUT2D eigenvalue weighted by atomic mass is 15.4. The molecule has 0 N–H and O–H groups in total. The minimum absolute atomic E-state index is 0.751. The number of para-hydroxylation sites is 3. The van der Waals surface area contributed by atoms with Crippen molar-refractivity contribution in [1.82, 2.24) is 34.1 Å². The normalized spacial score (nSPS) is 11.7. The van der Waals surface area contributed by atoms with Crippen molar-refractivity contribution in [1.29, 1.82) is 0 Å². The predicted octanol–water partition coefficient (Wildman–Crippen LogP) is 9.59. The zero-order chi connectivity index (χ0) is 32.3. The molecule has 5 aromatic heterocycles. The molecule has 0 radical (unpaired) electrons. The Kier molecular flexibility index (Phi) is 6.04. The van der Waals surface area contributed by atoms with Gasteiger partial charge in [-0.2, -0.15) is 0 Å². The lowest BCUT2D eigenvalue weighted by Crippen LogP contribution is -2.01. The van der Waals surface area contributed by atoms with Crippen LogP contribution >= 0.6 is 0 Å². The number of pyridine rings is 2. The molecule has 0 bridgehead atoms. The highest BCUT2D eigenvalue weighted by Crippen LogP contribution is 2.37. The van der Waals surface area contributed by atoms with Crippen LogP contribution in [0.5, 0.6) is 0 Å². The predicted molar refractivity (Wildman–Crippen MR) is 196 cm³/mol. The Morgan fingerprint density at radius 1 is 0.408 bits per heavy atom. The van der Waals surface area contributed by atoms with Crippen molar-refractivity contribution >= 4 is 43.6 Å². The first-order valence-corrected chi connectivity index (χ1v) is 16.2. The van der Waals surface area contributed by atoms with Crippen LogP contribution in [0.2, 0.25) is 0 Å². The van der Waals surface area contributed by atoms with Gasteiger partial charge in [-0.15, -0.1) is 5.10 Å². The maximum absolute atomic E-state index is 4.71. The van der Waals surface area contributed by atoms with Gasteiger partial charge in [0.2, 0.25) is 0 Å². The molecule has 7 heteroatoms. The first-order valence-electron chi connectivity index (χ1n) is 16.2. The van der Waals surface area contributed by atoms with Gasteiger partial charge in [0.25, 0.3) is 0 Å². The van der Waals surface area contributed by atoms with E-state index in [1.165, 1.54) is 27.2 Å². The Labute approximate surface area is 281 Å². The van der Waals surface area contributed by atoms with Crippen LogP contribution in [0.25, 0.3) is 83.2 Å². The van der Waals surface area contributed by atoms with Gasteiger partial charge in [-0.1, -0.05) is 71.9 Å². The molecule has 5 heterocycles. The van der Waals surface area contributed by atoms with Crippen LogP contribution in [0.3, 0.4) is 0 Å². The van der Waals surface area contributed by atoms with Gasteiger partial charge in [-0.05, 0) is 72.8 Å². The van der Waals surface area contributed by atoms with Crippen molar-refractivity contribution in [3.63, 3.8) is 0 Å². The van der Waals surface area contributed by atoms with Crippen molar-refractivity contribution < 1.29 is 0 Å². The molecular formula is C42H27N7. The van der Waals surface area contributed by atoms with Crippen LogP contribution in [-0.2, 0) is 0 Å². The number of fused-ring (bicyclic) bond motifs is 6. The van der Waals surface area contributed by atoms with Gasteiger partial charge in [0.05, 0.1) is 27.8 Å². The smallest absolute Gasteiger partial charge is 0.123 e. The van der Waals surface area contributed by atoms with Crippen LogP contribution in [0, 0.1) is 0 Å². The van der Waals surface area contributed by atoms with Gasteiger partial charge in [0.15, 0.2) is 0 Å². The van der Waals surface area contributed by atoms with Crippen LogP contribution in [0.1, 0.15) is 0 Å². The summed E-state index contributed by atoms with van der Waals surface area (Å²) in [6.45, 7) is 0. The van der Waals surface area contributed by atoms with Gasteiger partial charge in [0.1, 0.15) is 11.4 Å². The topological polar surface area (TPSA) is 66.3 Å². The summed E-state index contributed by atoms with van der Waals surface area (Å²) in [7, 11) is 0. The largest absolute Gasteiger partial charge is 0.309 e. The van der Waals surface area contributed by atoms with Crippen molar-refractivity contribution in [3.8, 4) is 39.6 Å². The number of aromatic nitrogens is 7. The van der Waals surface area contributed by atoms with Crippen molar-refractivity contribution in [2.24, 2.45) is 0 Å². The summed E-state index contributed by atoms with van der Waals surface area (Å²) in [6.07, 6.45) is 7.21. The molecule has 0 spiro atoms. The second-order valence-corrected chi connectivity index (χ2v) is 12.1. The van der Waals surface area contributed by atoms with Gasteiger partial charge >= 0.3 is 0 Å². The van der Waals surface area contributed by atoms with Crippen LogP contribution in [0.4, 0.5) is 0 Å². The standard InChI is InChI=1S/C42H27N7/c1-4-17-37-33(14-1)34-15-2-5-18-38(34)47(37)30-12-7-13-31(24-30)48-39-19-6-3-16-35(39)36-21-20-32(25-40(36)48)49-42(29-11-9-23-44-27-29)41(45-46-49)28-10-8-22-43-26-28/h1-27H. The maximum Gasteiger partial charge on any atom is 0.123 e. The van der Waals surface area contributed by atoms with E-state index in [4.69, 9.17) is 5.21 Å². The fourth-order valence-electron chi connectivity index (χ4n) is 7.26. The van der Waals surface area contributed by atoms with Crippen molar-refractivity contribution in [2.45, 2.75) is 0 Å². The molecule has 49 heavy (non-hydrogen) atoms. The zero-order valence-electron chi connectivity index (χ0n) is 26.2. The number of rotatable bonds is 5. The molecule has 10 rings (SSSR count). The number of hydrogen-bond acceptors (Lipinski definition) is 4. The second kappa shape index (κ2) is 10.9. The number of hydrogen-bond donors (Lipinski definition) is 0. The van der Waals surface area contributed by atoms with Gasteiger partial charge in [-0.3, -0.25) is 9.97 Å². The molecule has 10 aromatic rings. The molecule has 0 fully saturated rings. The Bertz CT molecular complexity index is 2770. The Balaban J connectivity index is 1.21. The third-order valence-corrected chi connectivity index (χ3v) is 9.37. The summed E-state index contributed by atoms with van der Waals surface area (Å²) < 4.78 is 6.63. The summed E-state index contributed by atoms with van der Waals surface area (Å²) in [5.41, 5.74) is 11.1. The van der Waals surface area contributed by atoms with E-state index in [-0.39, 0.29) is 0 Å². The molecule has 0 aliphatic rings. The maximum atomic E-state index is 4.71. The molecule has 0 aliphatic heterocycles. The lowest BCUT2D eigenvalue weighted by atomic mass is 10.1. The second-order valence-electron chi connectivity index (χ2n) is 12.1. The fraction of sp³-hybridized carbons (Fsp3) is 0. The Hall–Kier alpha value is -6.86. The highest BCUT2D eigenvalue weighted by Gasteiger charge is 2.21. The summed E-state index contributed by atoms with van der Waals surface area (Å²) >= 11 is 0. The molecule has 0 atom stereocenters. The molecule has 0 aliphatic carbocycles. The highest BCUT2D eigenvalue weighted by molar-refractivity contribution is 6.11. The number of benzene rings is 5. The van der Waals surface area contributed by atoms with Gasteiger partial charge in [0, 0.05) is 68.8 Å². The monoisotopic (exact) mass is 629 g/mol. The summed E-state index contributed by atoms with van der Waals surface area (Å²) in [6, 6.07) is 49.1. The lowest BCUT2D eigenvalue weighted by molar-refractivity contribution is 0.809. The molecule has 230 valence electrons. The minimum Gasteiger partial charge on any atom is -0.309 e. The first-order chi connectivity index (χ1) is 24.3.